The molecule has 45 heavy (non-hydrogen) atoms. The summed E-state index contributed by atoms with van der Waals surface area (Å²) in [5.41, 5.74) is 3.71. The average molecular weight is 646 g/mol. The van der Waals surface area contributed by atoms with Crippen LogP contribution in [0.5, 0.6) is 0 Å². The van der Waals surface area contributed by atoms with Crippen LogP contribution >= 0.6 is 11.6 Å². The number of hydrogen-bond donors (Lipinski definition) is 1. The van der Waals surface area contributed by atoms with E-state index in [9.17, 15) is 18.0 Å². The van der Waals surface area contributed by atoms with Crippen LogP contribution in [-0.2, 0) is 32.6 Å². The second-order valence-corrected chi connectivity index (χ2v) is 13.5. The van der Waals surface area contributed by atoms with Gasteiger partial charge in [0, 0.05) is 24.0 Å². The Morgan fingerprint density at radius 3 is 2.09 bits per heavy atom. The lowest BCUT2D eigenvalue weighted by Crippen LogP contribution is -2.54. The zero-order valence-corrected chi connectivity index (χ0v) is 27.7. The lowest BCUT2D eigenvalue weighted by molar-refractivity contribution is -0.140. The Balaban J connectivity index is 1.83. The van der Waals surface area contributed by atoms with Crippen LogP contribution in [0.25, 0.3) is 0 Å². The fourth-order valence-corrected chi connectivity index (χ4v) is 6.55. The Kier molecular flexibility index (Phi) is 11.4. The van der Waals surface area contributed by atoms with Gasteiger partial charge in [-0.3, -0.25) is 13.9 Å². The Labute approximate surface area is 271 Å². The van der Waals surface area contributed by atoms with Crippen molar-refractivity contribution in [1.29, 1.82) is 0 Å². The van der Waals surface area contributed by atoms with Gasteiger partial charge in [-0.2, -0.15) is 0 Å². The summed E-state index contributed by atoms with van der Waals surface area (Å²) >= 11 is 6.45. The largest absolute Gasteiger partial charge is 0.352 e. The smallest absolute Gasteiger partial charge is 0.264 e. The molecule has 0 radical (unpaired) electrons. The Bertz CT molecular complexity index is 1720. The molecule has 236 valence electrons. The lowest BCUT2D eigenvalue weighted by atomic mass is 10.0. The van der Waals surface area contributed by atoms with Gasteiger partial charge in [0.1, 0.15) is 12.6 Å². The fraction of sp³-hybridized carbons (Fsp3) is 0.278. The van der Waals surface area contributed by atoms with Crippen LogP contribution in [0.1, 0.15) is 42.5 Å². The number of anilines is 1. The van der Waals surface area contributed by atoms with Crippen molar-refractivity contribution < 1.29 is 18.0 Å². The van der Waals surface area contributed by atoms with Gasteiger partial charge in [0.15, 0.2) is 0 Å². The standard InChI is InChI=1S/C36H40ClN3O4S/c1-5-28(4)38-36(42)34(22-29-15-8-6-9-16-29)39(24-30-17-13-12-14-26(30)2)35(41)25-40(31-21-20-27(3)33(37)23-31)45(43,44)32-18-10-7-11-19-32/h6-21,23,28,34H,5,22,24-25H2,1-4H3,(H,38,42)/t28-,34+/m1/s1. The first kappa shape index (κ1) is 33.7. The molecule has 0 saturated heterocycles. The SMILES string of the molecule is CC[C@@H](C)NC(=O)[C@H](Cc1ccccc1)N(Cc1ccccc1C)C(=O)CN(c1ccc(C)c(Cl)c1)S(=O)(=O)c1ccccc1. The lowest BCUT2D eigenvalue weighted by Gasteiger charge is -2.34. The van der Waals surface area contributed by atoms with E-state index >= 15 is 0 Å². The van der Waals surface area contributed by atoms with E-state index in [1.807, 2.05) is 82.3 Å². The van der Waals surface area contributed by atoms with Crippen LogP contribution in [0.2, 0.25) is 5.02 Å². The van der Waals surface area contributed by atoms with Gasteiger partial charge in [-0.05, 0) is 73.7 Å². The number of sulfonamides is 1. The summed E-state index contributed by atoms with van der Waals surface area (Å²) < 4.78 is 29.3. The molecule has 2 atom stereocenters. The second-order valence-electron chi connectivity index (χ2n) is 11.2. The molecule has 7 nitrogen and oxygen atoms in total. The van der Waals surface area contributed by atoms with E-state index in [4.69, 9.17) is 11.6 Å². The number of rotatable bonds is 13. The average Bonchev–Trinajstić information content (AvgIpc) is 3.04. The zero-order chi connectivity index (χ0) is 32.6. The first-order valence-corrected chi connectivity index (χ1v) is 16.8. The predicted octanol–water partition coefficient (Wildman–Crippen LogP) is 6.71. The highest BCUT2D eigenvalue weighted by Gasteiger charge is 2.35. The van der Waals surface area contributed by atoms with E-state index < -0.39 is 28.5 Å². The summed E-state index contributed by atoms with van der Waals surface area (Å²) in [6.07, 6.45) is 0.968. The van der Waals surface area contributed by atoms with Gasteiger partial charge in [0.25, 0.3) is 10.0 Å². The van der Waals surface area contributed by atoms with Crippen molar-refractivity contribution in [3.63, 3.8) is 0 Å². The van der Waals surface area contributed by atoms with E-state index in [0.29, 0.717) is 11.4 Å². The molecular formula is C36H40ClN3O4S. The van der Waals surface area contributed by atoms with Crippen molar-refractivity contribution in [1.82, 2.24) is 10.2 Å². The van der Waals surface area contributed by atoms with Crippen molar-refractivity contribution in [2.45, 2.75) is 64.1 Å². The third kappa shape index (κ3) is 8.53. The summed E-state index contributed by atoms with van der Waals surface area (Å²) in [5, 5.41) is 3.43. The van der Waals surface area contributed by atoms with Crippen LogP contribution in [-0.4, -0.2) is 43.8 Å². The molecule has 1 N–H and O–H groups in total. The maximum atomic E-state index is 14.6. The first-order valence-electron chi connectivity index (χ1n) is 15.0. The summed E-state index contributed by atoms with van der Waals surface area (Å²) in [5.74, 6) is -0.819. The minimum atomic E-state index is -4.19. The molecule has 9 heteroatoms. The third-order valence-corrected chi connectivity index (χ3v) is 10.1. The van der Waals surface area contributed by atoms with Crippen molar-refractivity contribution >= 4 is 39.1 Å². The molecular weight excluding hydrogens is 606 g/mol. The van der Waals surface area contributed by atoms with Crippen LogP contribution < -0.4 is 9.62 Å². The van der Waals surface area contributed by atoms with Crippen LogP contribution in [0.4, 0.5) is 5.69 Å². The van der Waals surface area contributed by atoms with Crippen molar-refractivity contribution in [3.05, 3.63) is 130 Å². The minimum Gasteiger partial charge on any atom is -0.352 e. The topological polar surface area (TPSA) is 86.8 Å². The highest BCUT2D eigenvalue weighted by molar-refractivity contribution is 7.92. The number of benzene rings is 4. The molecule has 4 aromatic carbocycles. The normalized spacial score (nSPS) is 12.6. The van der Waals surface area contributed by atoms with Gasteiger partial charge >= 0.3 is 0 Å². The van der Waals surface area contributed by atoms with E-state index in [1.54, 1.807) is 36.4 Å². The zero-order valence-electron chi connectivity index (χ0n) is 26.1. The van der Waals surface area contributed by atoms with E-state index in [2.05, 4.69) is 5.32 Å². The first-order chi connectivity index (χ1) is 21.5. The number of amides is 2. The van der Waals surface area contributed by atoms with Gasteiger partial charge in [-0.1, -0.05) is 97.4 Å². The van der Waals surface area contributed by atoms with Crippen molar-refractivity contribution in [2.24, 2.45) is 0 Å². The van der Waals surface area contributed by atoms with Gasteiger partial charge in [-0.25, -0.2) is 8.42 Å². The summed E-state index contributed by atoms with van der Waals surface area (Å²) in [6, 6.07) is 29.0. The molecule has 0 spiro atoms. The molecule has 0 aliphatic rings. The predicted molar refractivity (Wildman–Crippen MR) is 181 cm³/mol. The Morgan fingerprint density at radius 1 is 0.844 bits per heavy atom. The molecule has 4 aromatic rings. The molecule has 0 aliphatic heterocycles. The van der Waals surface area contributed by atoms with Crippen LogP contribution in [0, 0.1) is 13.8 Å². The van der Waals surface area contributed by atoms with Crippen molar-refractivity contribution in [2.75, 3.05) is 10.8 Å². The molecule has 0 heterocycles. The number of nitrogens with zero attached hydrogens (tertiary/aromatic N) is 2. The number of hydrogen-bond acceptors (Lipinski definition) is 4. The van der Waals surface area contributed by atoms with E-state index in [0.717, 1.165) is 26.6 Å². The molecule has 0 aromatic heterocycles. The van der Waals surface area contributed by atoms with Crippen LogP contribution in [0.3, 0.4) is 0 Å². The highest BCUT2D eigenvalue weighted by atomic mass is 35.5. The van der Waals surface area contributed by atoms with E-state index in [-0.39, 0.29) is 35.5 Å². The Hall–Kier alpha value is -4.14. The third-order valence-electron chi connectivity index (χ3n) is 7.93. The fourth-order valence-electron chi connectivity index (χ4n) is 4.95. The molecule has 2 amide bonds. The second kappa shape index (κ2) is 15.2. The van der Waals surface area contributed by atoms with Gasteiger partial charge < -0.3 is 10.2 Å². The molecule has 0 aliphatic carbocycles. The number of carbonyl (C=O) groups is 2. The summed E-state index contributed by atoms with van der Waals surface area (Å²) in [6.45, 7) is 7.24. The molecule has 0 unspecified atom stereocenters. The summed E-state index contributed by atoms with van der Waals surface area (Å²) in [7, 11) is -4.19. The van der Waals surface area contributed by atoms with Crippen molar-refractivity contribution in [3.8, 4) is 0 Å². The quantitative estimate of drug-likeness (QED) is 0.175. The number of halogens is 1. The summed E-state index contributed by atoms with van der Waals surface area (Å²) in [4.78, 5) is 30.1. The van der Waals surface area contributed by atoms with Gasteiger partial charge in [-0.15, -0.1) is 0 Å². The van der Waals surface area contributed by atoms with Crippen LogP contribution in [0.15, 0.2) is 108 Å². The maximum absolute atomic E-state index is 14.6. The Morgan fingerprint density at radius 2 is 1.47 bits per heavy atom. The monoisotopic (exact) mass is 645 g/mol. The number of nitrogens with one attached hydrogen (secondary N) is 1. The van der Waals surface area contributed by atoms with Gasteiger partial charge in [0.2, 0.25) is 11.8 Å². The molecule has 0 bridgehead atoms. The number of aryl methyl sites for hydroxylation is 2. The van der Waals surface area contributed by atoms with E-state index in [1.165, 1.54) is 17.0 Å². The maximum Gasteiger partial charge on any atom is 0.264 e. The van der Waals surface area contributed by atoms with Gasteiger partial charge in [0.05, 0.1) is 10.6 Å². The minimum absolute atomic E-state index is 0.0373. The molecule has 0 fully saturated rings. The number of carbonyl (C=O) groups excluding carboxylic acids is 2. The molecule has 0 saturated carbocycles. The molecule has 4 rings (SSSR count). The highest BCUT2D eigenvalue weighted by Crippen LogP contribution is 2.29.